The molecule has 0 aliphatic carbocycles. The summed E-state index contributed by atoms with van der Waals surface area (Å²) >= 11 is 0. The first-order valence-corrected chi connectivity index (χ1v) is 6.07. The molecule has 5 heteroatoms. The third kappa shape index (κ3) is 3.77. The number of hydrogen-bond donors (Lipinski definition) is 1. The first-order chi connectivity index (χ1) is 10.1. The van der Waals surface area contributed by atoms with E-state index in [0.29, 0.717) is 5.56 Å². The van der Waals surface area contributed by atoms with Crippen molar-refractivity contribution in [3.8, 4) is 17.6 Å². The number of hydrogen-bond acceptors (Lipinski definition) is 2. The molecule has 0 radical (unpaired) electrons. The molecule has 0 aromatic heterocycles. The second-order valence-corrected chi connectivity index (χ2v) is 4.09. The van der Waals surface area contributed by atoms with E-state index >= 15 is 0 Å². The Morgan fingerprint density at radius 3 is 2.43 bits per heavy atom. The van der Waals surface area contributed by atoms with Gasteiger partial charge in [-0.2, -0.15) is 0 Å². The smallest absolute Gasteiger partial charge is 0.138 e. The van der Waals surface area contributed by atoms with Crippen molar-refractivity contribution in [1.29, 1.82) is 0 Å². The van der Waals surface area contributed by atoms with Gasteiger partial charge in [0.2, 0.25) is 0 Å². The molecule has 0 atom stereocenters. The average Bonchev–Trinajstić information content (AvgIpc) is 2.46. The molecular formula is C16H11F3O2. The van der Waals surface area contributed by atoms with E-state index in [1.54, 1.807) is 0 Å². The highest BCUT2D eigenvalue weighted by atomic mass is 19.1. The number of aliphatic hydroxyl groups excluding tert-OH is 1. The molecule has 2 nitrogen and oxygen atoms in total. The lowest BCUT2D eigenvalue weighted by atomic mass is 10.2. The SMILES string of the molecule is OCC#Cc1ccc(F)cc1OCc1c(F)cccc1F. The molecule has 0 saturated carbocycles. The molecular weight excluding hydrogens is 281 g/mol. The Balaban J connectivity index is 2.25. The molecule has 0 saturated heterocycles. The maximum atomic E-state index is 13.5. The molecule has 0 aliphatic heterocycles. The highest BCUT2D eigenvalue weighted by Gasteiger charge is 2.11. The van der Waals surface area contributed by atoms with Crippen molar-refractivity contribution in [2.24, 2.45) is 0 Å². The van der Waals surface area contributed by atoms with Gasteiger partial charge in [-0.3, -0.25) is 0 Å². The highest BCUT2D eigenvalue weighted by molar-refractivity contribution is 5.46. The van der Waals surface area contributed by atoms with Crippen LogP contribution >= 0.6 is 0 Å². The Kier molecular flexibility index (Phi) is 4.85. The number of rotatable bonds is 3. The average molecular weight is 292 g/mol. The summed E-state index contributed by atoms with van der Waals surface area (Å²) in [6.45, 7) is -0.755. The third-order valence-electron chi connectivity index (χ3n) is 2.68. The second-order valence-electron chi connectivity index (χ2n) is 4.09. The second kappa shape index (κ2) is 6.82. The molecule has 2 rings (SSSR count). The predicted molar refractivity (Wildman–Crippen MR) is 71.1 cm³/mol. The molecule has 0 spiro atoms. The monoisotopic (exact) mass is 292 g/mol. The molecule has 108 valence electrons. The van der Waals surface area contributed by atoms with E-state index in [-0.39, 0.29) is 17.9 Å². The van der Waals surface area contributed by atoms with E-state index in [2.05, 4.69) is 11.8 Å². The Morgan fingerprint density at radius 2 is 1.76 bits per heavy atom. The van der Waals surface area contributed by atoms with Crippen LogP contribution in [-0.4, -0.2) is 11.7 Å². The van der Waals surface area contributed by atoms with Gasteiger partial charge >= 0.3 is 0 Å². The maximum absolute atomic E-state index is 13.5. The maximum Gasteiger partial charge on any atom is 0.138 e. The lowest BCUT2D eigenvalue weighted by Crippen LogP contribution is -2.03. The van der Waals surface area contributed by atoms with Crippen LogP contribution in [-0.2, 0) is 6.61 Å². The van der Waals surface area contributed by atoms with E-state index < -0.39 is 24.1 Å². The van der Waals surface area contributed by atoms with Crippen LogP contribution in [0.5, 0.6) is 5.75 Å². The summed E-state index contributed by atoms with van der Waals surface area (Å²) in [5, 5.41) is 8.67. The van der Waals surface area contributed by atoms with Crippen LogP contribution in [0.15, 0.2) is 36.4 Å². The lowest BCUT2D eigenvalue weighted by molar-refractivity contribution is 0.290. The van der Waals surface area contributed by atoms with Crippen LogP contribution in [0.4, 0.5) is 13.2 Å². The van der Waals surface area contributed by atoms with E-state index in [1.807, 2.05) is 0 Å². The van der Waals surface area contributed by atoms with Gasteiger partial charge in [-0.25, -0.2) is 13.2 Å². The number of halogens is 3. The molecule has 0 bridgehead atoms. The fourth-order valence-electron chi connectivity index (χ4n) is 1.67. The molecule has 21 heavy (non-hydrogen) atoms. The van der Waals surface area contributed by atoms with Crippen LogP contribution < -0.4 is 4.74 Å². The summed E-state index contributed by atoms with van der Waals surface area (Å²) in [4.78, 5) is 0. The van der Waals surface area contributed by atoms with Crippen LogP contribution in [0.1, 0.15) is 11.1 Å². The quantitative estimate of drug-likeness (QED) is 0.881. The van der Waals surface area contributed by atoms with Gasteiger partial charge in [-0.1, -0.05) is 17.9 Å². The third-order valence-corrected chi connectivity index (χ3v) is 2.68. The molecule has 0 fully saturated rings. The summed E-state index contributed by atoms with van der Waals surface area (Å²) in [5.41, 5.74) is 0.0741. The fraction of sp³-hybridized carbons (Fsp3) is 0.125. The number of aliphatic hydroxyl groups is 1. The first-order valence-electron chi connectivity index (χ1n) is 6.07. The van der Waals surface area contributed by atoms with Gasteiger partial charge in [0.1, 0.15) is 36.4 Å². The van der Waals surface area contributed by atoms with Gasteiger partial charge in [-0.15, -0.1) is 0 Å². The molecule has 0 aliphatic rings. The van der Waals surface area contributed by atoms with Crippen molar-refractivity contribution in [3.05, 3.63) is 65.0 Å². The molecule has 2 aromatic rings. The highest BCUT2D eigenvalue weighted by Crippen LogP contribution is 2.22. The van der Waals surface area contributed by atoms with Crippen molar-refractivity contribution < 1.29 is 23.0 Å². The van der Waals surface area contributed by atoms with E-state index in [9.17, 15) is 13.2 Å². The van der Waals surface area contributed by atoms with Gasteiger partial charge in [-0.05, 0) is 24.3 Å². The zero-order chi connectivity index (χ0) is 15.2. The van der Waals surface area contributed by atoms with Crippen molar-refractivity contribution >= 4 is 0 Å². The molecule has 0 amide bonds. The van der Waals surface area contributed by atoms with Crippen LogP contribution in [0.25, 0.3) is 0 Å². The molecule has 2 aromatic carbocycles. The summed E-state index contributed by atoms with van der Waals surface area (Å²) in [7, 11) is 0. The van der Waals surface area contributed by atoms with Crippen LogP contribution in [0.2, 0.25) is 0 Å². The minimum atomic E-state index is -0.741. The zero-order valence-electron chi connectivity index (χ0n) is 10.9. The normalized spacial score (nSPS) is 9.90. The van der Waals surface area contributed by atoms with Crippen molar-refractivity contribution in [2.45, 2.75) is 6.61 Å². The molecule has 0 unspecified atom stereocenters. The van der Waals surface area contributed by atoms with E-state index in [1.165, 1.54) is 18.2 Å². The van der Waals surface area contributed by atoms with E-state index in [0.717, 1.165) is 18.2 Å². The van der Waals surface area contributed by atoms with E-state index in [4.69, 9.17) is 9.84 Å². The predicted octanol–water partition coefficient (Wildman–Crippen LogP) is 3.03. The zero-order valence-corrected chi connectivity index (χ0v) is 10.9. The number of ether oxygens (including phenoxy) is 1. The van der Waals surface area contributed by atoms with Crippen molar-refractivity contribution in [3.63, 3.8) is 0 Å². The summed E-state index contributed by atoms with van der Waals surface area (Å²) in [6, 6.07) is 7.08. The minimum Gasteiger partial charge on any atom is -0.487 e. The topological polar surface area (TPSA) is 29.5 Å². The minimum absolute atomic E-state index is 0.0543. The Bertz CT molecular complexity index is 682. The largest absolute Gasteiger partial charge is 0.487 e. The van der Waals surface area contributed by atoms with Gasteiger partial charge < -0.3 is 9.84 Å². The number of benzene rings is 2. The van der Waals surface area contributed by atoms with Crippen molar-refractivity contribution in [2.75, 3.05) is 6.61 Å². The fourth-order valence-corrected chi connectivity index (χ4v) is 1.67. The van der Waals surface area contributed by atoms with Crippen molar-refractivity contribution in [1.82, 2.24) is 0 Å². The van der Waals surface area contributed by atoms with Gasteiger partial charge in [0.15, 0.2) is 0 Å². The first kappa shape index (κ1) is 14.9. The Morgan fingerprint density at radius 1 is 1.05 bits per heavy atom. The van der Waals surface area contributed by atoms with Crippen LogP contribution in [0, 0.1) is 29.3 Å². The Labute approximate surface area is 119 Å². The Hall–Kier alpha value is -2.45. The summed E-state index contributed by atoms with van der Waals surface area (Å²) in [5.74, 6) is 2.99. The van der Waals surface area contributed by atoms with Gasteiger partial charge in [0, 0.05) is 6.07 Å². The summed E-state index contributed by atoms with van der Waals surface area (Å²) < 4.78 is 45.4. The summed E-state index contributed by atoms with van der Waals surface area (Å²) in [6.07, 6.45) is 0. The standard InChI is InChI=1S/C16H11F3O2/c17-12-7-6-11(3-2-8-20)16(9-12)21-10-13-14(18)4-1-5-15(13)19/h1,4-7,9,20H,8,10H2. The van der Waals surface area contributed by atoms with Gasteiger partial charge in [0.05, 0.1) is 11.1 Å². The molecule has 1 N–H and O–H groups in total. The van der Waals surface area contributed by atoms with Gasteiger partial charge in [0.25, 0.3) is 0 Å². The lowest BCUT2D eigenvalue weighted by Gasteiger charge is -2.10. The molecule has 0 heterocycles. The van der Waals surface area contributed by atoms with Crippen LogP contribution in [0.3, 0.4) is 0 Å².